The quantitative estimate of drug-likeness (QED) is 0.271. The highest BCUT2D eigenvalue weighted by molar-refractivity contribution is 7.99. The second-order valence-corrected chi connectivity index (χ2v) is 9.94. The molecule has 1 aliphatic rings. The van der Waals surface area contributed by atoms with Crippen molar-refractivity contribution >= 4 is 44.6 Å². The van der Waals surface area contributed by atoms with Gasteiger partial charge < -0.3 is 9.13 Å². The SMILES string of the molecule is CC1(C)c2ccc(-n3c4ccccc4c4ccccc43)cc2Sc2nc3ccccc3n21. The van der Waals surface area contributed by atoms with Gasteiger partial charge in [0.1, 0.15) is 0 Å². The Morgan fingerprint density at radius 3 is 2.06 bits per heavy atom. The van der Waals surface area contributed by atoms with Crippen LogP contribution < -0.4 is 0 Å². The van der Waals surface area contributed by atoms with E-state index in [0.717, 1.165) is 10.7 Å². The van der Waals surface area contributed by atoms with Crippen LogP contribution in [0.15, 0.2) is 101 Å². The summed E-state index contributed by atoms with van der Waals surface area (Å²) in [6.07, 6.45) is 0. The van der Waals surface area contributed by atoms with Crippen molar-refractivity contribution in [1.82, 2.24) is 14.1 Å². The third-order valence-electron chi connectivity index (χ3n) is 6.75. The Bertz CT molecular complexity index is 1630. The van der Waals surface area contributed by atoms with E-state index >= 15 is 0 Å². The van der Waals surface area contributed by atoms with Crippen LogP contribution in [0.25, 0.3) is 38.5 Å². The second kappa shape index (κ2) is 6.27. The van der Waals surface area contributed by atoms with Gasteiger partial charge in [0, 0.05) is 21.4 Å². The van der Waals surface area contributed by atoms with Gasteiger partial charge in [0.2, 0.25) is 0 Å². The lowest BCUT2D eigenvalue weighted by molar-refractivity contribution is 0.402. The Kier molecular flexibility index (Phi) is 3.55. The molecule has 6 aromatic rings. The van der Waals surface area contributed by atoms with Gasteiger partial charge in [-0.3, -0.25) is 0 Å². The van der Waals surface area contributed by atoms with Crippen molar-refractivity contribution in [3.63, 3.8) is 0 Å². The summed E-state index contributed by atoms with van der Waals surface area (Å²) in [5.41, 5.74) is 7.07. The minimum absolute atomic E-state index is 0.175. The van der Waals surface area contributed by atoms with E-state index in [0.29, 0.717) is 0 Å². The van der Waals surface area contributed by atoms with Gasteiger partial charge in [-0.2, -0.15) is 0 Å². The van der Waals surface area contributed by atoms with Crippen molar-refractivity contribution in [3.8, 4) is 5.69 Å². The number of fused-ring (bicyclic) bond motifs is 7. The number of benzene rings is 4. The summed E-state index contributed by atoms with van der Waals surface area (Å²) in [6.45, 7) is 4.59. The van der Waals surface area contributed by atoms with Gasteiger partial charge in [-0.1, -0.05) is 66.4 Å². The summed E-state index contributed by atoms with van der Waals surface area (Å²) >= 11 is 1.77. The fourth-order valence-corrected chi connectivity index (χ4v) is 6.64. The second-order valence-electron chi connectivity index (χ2n) is 8.93. The lowest BCUT2D eigenvalue weighted by Crippen LogP contribution is -2.31. The topological polar surface area (TPSA) is 22.8 Å². The molecule has 4 heteroatoms. The first-order chi connectivity index (χ1) is 15.6. The zero-order chi connectivity index (χ0) is 21.4. The predicted octanol–water partition coefficient (Wildman–Crippen LogP) is 7.38. The number of hydrogen-bond acceptors (Lipinski definition) is 2. The van der Waals surface area contributed by atoms with Gasteiger partial charge in [-0.05, 0) is 55.8 Å². The molecule has 1 aliphatic heterocycles. The normalized spacial score (nSPS) is 14.7. The van der Waals surface area contributed by atoms with Gasteiger partial charge in [-0.25, -0.2) is 4.98 Å². The predicted molar refractivity (Wildman–Crippen MR) is 133 cm³/mol. The molecule has 0 unspecified atom stereocenters. The first kappa shape index (κ1) is 18.1. The molecule has 3 nitrogen and oxygen atoms in total. The van der Waals surface area contributed by atoms with Crippen LogP contribution in [-0.4, -0.2) is 14.1 Å². The fraction of sp³-hybridized carbons (Fsp3) is 0.107. The molecule has 0 radical (unpaired) electrons. The first-order valence-electron chi connectivity index (χ1n) is 10.9. The summed E-state index contributed by atoms with van der Waals surface area (Å²) in [4.78, 5) is 6.23. The molecule has 0 saturated heterocycles. The van der Waals surface area contributed by atoms with E-state index in [9.17, 15) is 0 Å². The highest BCUT2D eigenvalue weighted by Gasteiger charge is 2.35. The average Bonchev–Trinajstić information content (AvgIpc) is 3.35. The molecule has 0 saturated carbocycles. The zero-order valence-corrected chi connectivity index (χ0v) is 18.7. The molecular formula is C28H21N3S. The summed E-state index contributed by atoms with van der Waals surface area (Å²) in [6, 6.07) is 32.7. The van der Waals surface area contributed by atoms with Crippen LogP contribution in [0.3, 0.4) is 0 Å². The molecule has 2 aromatic heterocycles. The Morgan fingerprint density at radius 2 is 1.34 bits per heavy atom. The van der Waals surface area contributed by atoms with Crippen LogP contribution in [0.5, 0.6) is 0 Å². The van der Waals surface area contributed by atoms with E-state index in [-0.39, 0.29) is 5.54 Å². The standard InChI is InChI=1S/C28H21N3S/c1-28(2)21-16-15-18(17-26(21)32-27-29-22-11-5-8-14-25(22)31(27)28)30-23-12-6-3-9-19(23)20-10-4-7-13-24(20)30/h3-17H,1-2H3. The van der Waals surface area contributed by atoms with Gasteiger partial charge in [0.15, 0.2) is 5.16 Å². The van der Waals surface area contributed by atoms with Crippen molar-refractivity contribution in [2.24, 2.45) is 0 Å². The number of nitrogens with zero attached hydrogens (tertiary/aromatic N) is 3. The van der Waals surface area contributed by atoms with E-state index < -0.39 is 0 Å². The van der Waals surface area contributed by atoms with E-state index in [2.05, 4.69) is 114 Å². The largest absolute Gasteiger partial charge is 0.309 e. The first-order valence-corrected chi connectivity index (χ1v) is 11.7. The summed E-state index contributed by atoms with van der Waals surface area (Å²) < 4.78 is 4.77. The maximum absolute atomic E-state index is 4.96. The number of aromatic nitrogens is 3. The van der Waals surface area contributed by atoms with Crippen LogP contribution in [0, 0.1) is 0 Å². The van der Waals surface area contributed by atoms with Crippen molar-refractivity contribution < 1.29 is 0 Å². The molecule has 0 fully saturated rings. The van der Waals surface area contributed by atoms with Gasteiger partial charge in [0.25, 0.3) is 0 Å². The average molecular weight is 432 g/mol. The van der Waals surface area contributed by atoms with E-state index in [4.69, 9.17) is 4.98 Å². The number of para-hydroxylation sites is 4. The number of rotatable bonds is 1. The monoisotopic (exact) mass is 431 g/mol. The van der Waals surface area contributed by atoms with Gasteiger partial charge in [-0.15, -0.1) is 0 Å². The van der Waals surface area contributed by atoms with Crippen molar-refractivity contribution in [2.45, 2.75) is 29.4 Å². The molecule has 0 amide bonds. The van der Waals surface area contributed by atoms with Crippen LogP contribution in [-0.2, 0) is 5.54 Å². The Hall–Kier alpha value is -3.50. The molecule has 7 rings (SSSR count). The molecular weight excluding hydrogens is 410 g/mol. The summed E-state index contributed by atoms with van der Waals surface area (Å²) in [7, 11) is 0. The van der Waals surface area contributed by atoms with Crippen LogP contribution in [0.1, 0.15) is 19.4 Å². The molecule has 154 valence electrons. The number of imidazole rings is 1. The lowest BCUT2D eigenvalue weighted by atomic mass is 9.93. The molecule has 4 aromatic carbocycles. The molecule has 32 heavy (non-hydrogen) atoms. The maximum Gasteiger partial charge on any atom is 0.174 e. The third kappa shape index (κ3) is 2.30. The Morgan fingerprint density at radius 1 is 0.719 bits per heavy atom. The van der Waals surface area contributed by atoms with Crippen LogP contribution >= 0.6 is 11.8 Å². The molecule has 3 heterocycles. The Balaban J connectivity index is 1.48. The van der Waals surface area contributed by atoms with E-state index in [1.54, 1.807) is 11.8 Å². The molecule has 0 atom stereocenters. The maximum atomic E-state index is 4.96. The molecule has 0 N–H and O–H groups in total. The van der Waals surface area contributed by atoms with E-state index in [1.807, 2.05) is 0 Å². The lowest BCUT2D eigenvalue weighted by Gasteiger charge is -2.35. The zero-order valence-electron chi connectivity index (χ0n) is 17.9. The fourth-order valence-electron chi connectivity index (χ4n) is 5.27. The van der Waals surface area contributed by atoms with E-state index in [1.165, 1.54) is 43.5 Å². The number of hydrogen-bond donors (Lipinski definition) is 0. The molecule has 0 bridgehead atoms. The smallest absolute Gasteiger partial charge is 0.174 e. The highest BCUT2D eigenvalue weighted by atomic mass is 32.2. The van der Waals surface area contributed by atoms with Crippen molar-refractivity contribution in [2.75, 3.05) is 0 Å². The van der Waals surface area contributed by atoms with Gasteiger partial charge in [0.05, 0.1) is 27.6 Å². The Labute approximate surface area is 190 Å². The highest BCUT2D eigenvalue weighted by Crippen LogP contribution is 2.47. The molecule has 0 aliphatic carbocycles. The molecule has 0 spiro atoms. The summed E-state index contributed by atoms with van der Waals surface area (Å²) in [5, 5.41) is 3.63. The minimum Gasteiger partial charge on any atom is -0.309 e. The summed E-state index contributed by atoms with van der Waals surface area (Å²) in [5.74, 6) is 0. The third-order valence-corrected chi connectivity index (χ3v) is 7.77. The van der Waals surface area contributed by atoms with Crippen LogP contribution in [0.2, 0.25) is 0 Å². The minimum atomic E-state index is -0.175. The van der Waals surface area contributed by atoms with Crippen molar-refractivity contribution in [1.29, 1.82) is 0 Å². The van der Waals surface area contributed by atoms with Crippen LogP contribution in [0.4, 0.5) is 0 Å². The van der Waals surface area contributed by atoms with Crippen molar-refractivity contribution in [3.05, 3.63) is 96.6 Å². The van der Waals surface area contributed by atoms with Gasteiger partial charge >= 0.3 is 0 Å².